The molecule has 100 valence electrons. The molecule has 0 N–H and O–H groups in total. The van der Waals surface area contributed by atoms with Crippen LogP contribution in [0, 0.1) is 24.1 Å². The maximum Gasteiger partial charge on any atom is 0.185 e. The van der Waals surface area contributed by atoms with Crippen molar-refractivity contribution < 1.29 is 9.18 Å². The van der Waals surface area contributed by atoms with Gasteiger partial charge >= 0.3 is 0 Å². The van der Waals surface area contributed by atoms with Crippen LogP contribution in [-0.2, 0) is 0 Å². The molecule has 0 bridgehead atoms. The summed E-state index contributed by atoms with van der Waals surface area (Å²) in [6.07, 6.45) is 0. The zero-order valence-corrected chi connectivity index (χ0v) is 12.3. The average Bonchev–Trinajstić information content (AvgIpc) is 2.44. The van der Waals surface area contributed by atoms with E-state index in [1.165, 1.54) is 18.2 Å². The van der Waals surface area contributed by atoms with Crippen molar-refractivity contribution >= 4 is 21.7 Å². The monoisotopic (exact) mass is 331 g/mol. The Morgan fingerprint density at radius 1 is 1.25 bits per heavy atom. The van der Waals surface area contributed by atoms with Crippen LogP contribution in [0.15, 0.2) is 46.9 Å². The van der Waals surface area contributed by atoms with Gasteiger partial charge in [0.25, 0.3) is 0 Å². The molecule has 0 aliphatic heterocycles. The van der Waals surface area contributed by atoms with Crippen LogP contribution in [0.5, 0.6) is 0 Å². The molecule has 0 amide bonds. The van der Waals surface area contributed by atoms with E-state index in [2.05, 4.69) is 15.9 Å². The SMILES string of the molecule is Cc1ccc(C(C#N)C(=O)c2cccc(F)c2Br)cc1. The molecule has 0 aliphatic rings. The molecule has 2 nitrogen and oxygen atoms in total. The highest BCUT2D eigenvalue weighted by Gasteiger charge is 2.24. The van der Waals surface area contributed by atoms with Gasteiger partial charge in [-0.05, 0) is 40.5 Å². The lowest BCUT2D eigenvalue weighted by Crippen LogP contribution is -2.12. The van der Waals surface area contributed by atoms with Crippen molar-refractivity contribution in [3.8, 4) is 6.07 Å². The van der Waals surface area contributed by atoms with E-state index in [9.17, 15) is 14.4 Å². The molecule has 1 atom stereocenters. The summed E-state index contributed by atoms with van der Waals surface area (Å²) in [7, 11) is 0. The molecule has 0 aliphatic carbocycles. The first kappa shape index (κ1) is 14.4. The fourth-order valence-corrected chi connectivity index (χ4v) is 2.35. The number of nitrogens with zero attached hydrogens (tertiary/aromatic N) is 1. The number of hydrogen-bond donors (Lipinski definition) is 0. The van der Waals surface area contributed by atoms with Gasteiger partial charge in [-0.3, -0.25) is 4.79 Å². The molecular weight excluding hydrogens is 321 g/mol. The van der Waals surface area contributed by atoms with Gasteiger partial charge < -0.3 is 0 Å². The lowest BCUT2D eigenvalue weighted by Gasteiger charge is -2.10. The second kappa shape index (κ2) is 5.98. The molecule has 4 heteroatoms. The van der Waals surface area contributed by atoms with Gasteiger partial charge in [0.05, 0.1) is 10.5 Å². The highest BCUT2D eigenvalue weighted by Crippen LogP contribution is 2.27. The maximum absolute atomic E-state index is 13.5. The van der Waals surface area contributed by atoms with Crippen molar-refractivity contribution in [3.05, 3.63) is 69.4 Å². The summed E-state index contributed by atoms with van der Waals surface area (Å²) in [4.78, 5) is 12.4. The highest BCUT2D eigenvalue weighted by molar-refractivity contribution is 9.10. The predicted octanol–water partition coefficient (Wildman–Crippen LogP) is 4.39. The second-order valence-corrected chi connectivity index (χ2v) is 5.23. The summed E-state index contributed by atoms with van der Waals surface area (Å²) in [5, 5.41) is 9.26. The first-order valence-corrected chi connectivity index (χ1v) is 6.78. The molecule has 0 spiro atoms. The van der Waals surface area contributed by atoms with E-state index in [1.54, 1.807) is 12.1 Å². The van der Waals surface area contributed by atoms with Gasteiger partial charge in [0.15, 0.2) is 5.78 Å². The molecule has 0 saturated carbocycles. The third-order valence-corrected chi connectivity index (χ3v) is 3.82. The average molecular weight is 332 g/mol. The standard InChI is InChI=1S/C16H11BrFNO/c1-10-5-7-11(8-6-10)13(9-19)16(20)12-3-2-4-14(18)15(12)17/h2-8,13H,1H3. The van der Waals surface area contributed by atoms with Gasteiger partial charge in [0.1, 0.15) is 11.7 Å². The number of carbonyl (C=O) groups excluding carboxylic acids is 1. The number of ketones is 1. The minimum atomic E-state index is -0.936. The van der Waals surface area contributed by atoms with Crippen LogP contribution in [0.4, 0.5) is 4.39 Å². The Kier molecular flexibility index (Phi) is 4.31. The van der Waals surface area contributed by atoms with Gasteiger partial charge in [-0.15, -0.1) is 0 Å². The van der Waals surface area contributed by atoms with Crippen molar-refractivity contribution in [1.29, 1.82) is 5.26 Å². The van der Waals surface area contributed by atoms with E-state index in [-0.39, 0.29) is 10.0 Å². The number of nitriles is 1. The van der Waals surface area contributed by atoms with Crippen LogP contribution in [0.25, 0.3) is 0 Å². The minimum Gasteiger partial charge on any atom is -0.292 e. The third kappa shape index (κ3) is 2.78. The number of aryl methyl sites for hydroxylation is 1. The van der Waals surface area contributed by atoms with E-state index in [0.717, 1.165) is 5.56 Å². The maximum atomic E-state index is 13.5. The summed E-state index contributed by atoms with van der Waals surface area (Å²) < 4.78 is 13.6. The number of rotatable bonds is 3. The zero-order chi connectivity index (χ0) is 14.7. The molecule has 0 radical (unpaired) electrons. The van der Waals surface area contributed by atoms with Crippen LogP contribution >= 0.6 is 15.9 Å². The number of hydrogen-bond acceptors (Lipinski definition) is 2. The molecule has 2 rings (SSSR count). The molecule has 0 heterocycles. The van der Waals surface area contributed by atoms with Crippen LogP contribution < -0.4 is 0 Å². The quantitative estimate of drug-likeness (QED) is 0.783. The Labute approximate surface area is 125 Å². The summed E-state index contributed by atoms with van der Waals surface area (Å²) in [6.45, 7) is 1.93. The van der Waals surface area contributed by atoms with Gasteiger partial charge in [-0.25, -0.2) is 4.39 Å². The van der Waals surface area contributed by atoms with Gasteiger partial charge in [0, 0.05) is 5.56 Å². The summed E-state index contributed by atoms with van der Waals surface area (Å²) in [6, 6.07) is 13.4. The van der Waals surface area contributed by atoms with Crippen LogP contribution in [0.3, 0.4) is 0 Å². The van der Waals surface area contributed by atoms with Crippen LogP contribution in [0.1, 0.15) is 27.4 Å². The molecule has 2 aromatic carbocycles. The first-order chi connectivity index (χ1) is 9.54. The number of carbonyl (C=O) groups is 1. The minimum absolute atomic E-state index is 0.0948. The molecule has 0 fully saturated rings. The van der Waals surface area contributed by atoms with Crippen molar-refractivity contribution in [3.63, 3.8) is 0 Å². The van der Waals surface area contributed by atoms with Gasteiger partial charge in [-0.2, -0.15) is 5.26 Å². The lowest BCUT2D eigenvalue weighted by atomic mass is 9.91. The number of halogens is 2. The van der Waals surface area contributed by atoms with E-state index < -0.39 is 17.5 Å². The van der Waals surface area contributed by atoms with Crippen LogP contribution in [0.2, 0.25) is 0 Å². The van der Waals surface area contributed by atoms with Crippen molar-refractivity contribution in [1.82, 2.24) is 0 Å². The Morgan fingerprint density at radius 3 is 2.50 bits per heavy atom. The molecule has 2 aromatic rings. The molecular formula is C16H11BrFNO. The van der Waals surface area contributed by atoms with E-state index >= 15 is 0 Å². The number of benzene rings is 2. The third-order valence-electron chi connectivity index (χ3n) is 3.02. The molecule has 1 unspecified atom stereocenters. The highest BCUT2D eigenvalue weighted by atomic mass is 79.9. The number of Topliss-reactive ketones (excluding diaryl/α,β-unsaturated/α-hetero) is 1. The Hall–Kier alpha value is -1.99. The predicted molar refractivity (Wildman–Crippen MR) is 78.0 cm³/mol. The van der Waals surface area contributed by atoms with E-state index in [4.69, 9.17) is 0 Å². The summed E-state index contributed by atoms with van der Waals surface area (Å²) >= 11 is 3.06. The van der Waals surface area contributed by atoms with Gasteiger partial charge in [0.2, 0.25) is 0 Å². The van der Waals surface area contributed by atoms with Gasteiger partial charge in [-0.1, -0.05) is 35.9 Å². The molecule has 0 saturated heterocycles. The normalized spacial score (nSPS) is 11.7. The van der Waals surface area contributed by atoms with E-state index in [0.29, 0.717) is 5.56 Å². The first-order valence-electron chi connectivity index (χ1n) is 5.99. The van der Waals surface area contributed by atoms with E-state index in [1.807, 2.05) is 25.1 Å². The fourth-order valence-electron chi connectivity index (χ4n) is 1.89. The topological polar surface area (TPSA) is 40.9 Å². The summed E-state index contributed by atoms with van der Waals surface area (Å²) in [5.74, 6) is -1.87. The summed E-state index contributed by atoms with van der Waals surface area (Å²) in [5.41, 5.74) is 1.83. The van der Waals surface area contributed by atoms with Crippen molar-refractivity contribution in [2.24, 2.45) is 0 Å². The second-order valence-electron chi connectivity index (χ2n) is 4.44. The smallest absolute Gasteiger partial charge is 0.185 e. The van der Waals surface area contributed by atoms with Crippen molar-refractivity contribution in [2.45, 2.75) is 12.8 Å². The van der Waals surface area contributed by atoms with Crippen molar-refractivity contribution in [2.75, 3.05) is 0 Å². The molecule has 0 aromatic heterocycles. The Bertz CT molecular complexity index is 689. The lowest BCUT2D eigenvalue weighted by molar-refractivity contribution is 0.0977. The zero-order valence-electron chi connectivity index (χ0n) is 10.7. The Balaban J connectivity index is 2.42. The fraction of sp³-hybridized carbons (Fsp3) is 0.125. The van der Waals surface area contributed by atoms with Crippen LogP contribution in [-0.4, -0.2) is 5.78 Å². The molecule has 20 heavy (non-hydrogen) atoms. The Morgan fingerprint density at radius 2 is 1.90 bits per heavy atom. The largest absolute Gasteiger partial charge is 0.292 e.